The van der Waals surface area contributed by atoms with Crippen molar-refractivity contribution in [3.8, 4) is 0 Å². The number of benzene rings is 1. The third-order valence-corrected chi connectivity index (χ3v) is 2.28. The van der Waals surface area contributed by atoms with E-state index in [0.717, 1.165) is 6.08 Å². The normalized spacial score (nSPS) is 9.19. The summed E-state index contributed by atoms with van der Waals surface area (Å²) in [6.45, 7) is 15.4. The van der Waals surface area contributed by atoms with Gasteiger partial charge in [-0.15, -0.1) is 0 Å². The van der Waals surface area contributed by atoms with Gasteiger partial charge in [0.05, 0.1) is 6.42 Å². The van der Waals surface area contributed by atoms with Crippen LogP contribution in [0, 0.1) is 0 Å². The molecule has 26 heavy (non-hydrogen) atoms. The van der Waals surface area contributed by atoms with Gasteiger partial charge in [0.1, 0.15) is 5.60 Å². The SMILES string of the molecule is C=C(CC(=O)O)C(=O)O.C=CC(=O)OC(C)(C)C.C=Cc1ccccc1. The number of hydrogen-bond donors (Lipinski definition) is 2. The van der Waals surface area contributed by atoms with Crippen molar-refractivity contribution in [3.63, 3.8) is 0 Å². The lowest BCUT2D eigenvalue weighted by Gasteiger charge is -2.17. The molecule has 0 bridgehead atoms. The minimum absolute atomic E-state index is 0.303. The molecule has 0 fully saturated rings. The number of rotatable bonds is 5. The third kappa shape index (κ3) is 17.2. The monoisotopic (exact) mass is 362 g/mol. The first-order chi connectivity index (χ1) is 11.9. The molecule has 0 amide bonds. The molecule has 142 valence electrons. The summed E-state index contributed by atoms with van der Waals surface area (Å²) in [5.74, 6) is -2.82. The molecule has 2 N–H and O–H groups in total. The molecule has 0 spiro atoms. The van der Waals surface area contributed by atoms with E-state index in [2.05, 4.69) is 19.7 Å². The second-order valence-corrected chi connectivity index (χ2v) is 5.83. The molecule has 1 rings (SSSR count). The lowest BCUT2D eigenvalue weighted by molar-refractivity contribution is -0.148. The Balaban J connectivity index is 0. The van der Waals surface area contributed by atoms with Crippen LogP contribution in [0.15, 0.2) is 61.7 Å². The molecule has 0 heterocycles. The molecule has 0 aliphatic rings. The minimum atomic E-state index is -1.27. The van der Waals surface area contributed by atoms with Gasteiger partial charge < -0.3 is 14.9 Å². The molecule has 1 aromatic carbocycles. The summed E-state index contributed by atoms with van der Waals surface area (Å²) in [5.41, 5.74) is 0.473. The van der Waals surface area contributed by atoms with Crippen molar-refractivity contribution < 1.29 is 29.3 Å². The van der Waals surface area contributed by atoms with Gasteiger partial charge in [0, 0.05) is 11.6 Å². The van der Waals surface area contributed by atoms with Gasteiger partial charge >= 0.3 is 17.9 Å². The number of carbonyl (C=O) groups is 3. The van der Waals surface area contributed by atoms with Crippen molar-refractivity contribution >= 4 is 24.0 Å². The van der Waals surface area contributed by atoms with Crippen molar-refractivity contribution in [1.29, 1.82) is 0 Å². The first kappa shape index (κ1) is 25.1. The highest BCUT2D eigenvalue weighted by Gasteiger charge is 2.12. The average Bonchev–Trinajstić information content (AvgIpc) is 2.54. The Labute approximate surface area is 154 Å². The Morgan fingerprint density at radius 1 is 1.08 bits per heavy atom. The quantitative estimate of drug-likeness (QED) is 0.608. The summed E-state index contributed by atoms with van der Waals surface area (Å²) >= 11 is 0. The highest BCUT2D eigenvalue weighted by molar-refractivity contribution is 5.91. The maximum atomic E-state index is 10.5. The highest BCUT2D eigenvalue weighted by atomic mass is 16.6. The smallest absolute Gasteiger partial charge is 0.331 e. The van der Waals surface area contributed by atoms with E-state index in [-0.39, 0.29) is 11.5 Å². The molecule has 0 saturated carbocycles. The zero-order chi connectivity index (χ0) is 20.8. The topological polar surface area (TPSA) is 101 Å². The van der Waals surface area contributed by atoms with Gasteiger partial charge in [-0.05, 0) is 26.3 Å². The second kappa shape index (κ2) is 13.2. The molecule has 0 radical (unpaired) electrons. The van der Waals surface area contributed by atoms with Gasteiger partial charge in [-0.3, -0.25) is 4.79 Å². The van der Waals surface area contributed by atoms with E-state index in [4.69, 9.17) is 14.9 Å². The second-order valence-electron chi connectivity index (χ2n) is 5.83. The number of hydrogen-bond acceptors (Lipinski definition) is 4. The van der Waals surface area contributed by atoms with E-state index in [9.17, 15) is 14.4 Å². The zero-order valence-electron chi connectivity index (χ0n) is 15.4. The van der Waals surface area contributed by atoms with Crippen molar-refractivity contribution in [1.82, 2.24) is 0 Å². The fraction of sp³-hybridized carbons (Fsp3) is 0.250. The van der Waals surface area contributed by atoms with E-state index in [1.807, 2.05) is 57.2 Å². The Morgan fingerprint density at radius 3 is 1.77 bits per heavy atom. The number of carbonyl (C=O) groups excluding carboxylic acids is 1. The van der Waals surface area contributed by atoms with E-state index in [1.54, 1.807) is 0 Å². The van der Waals surface area contributed by atoms with Crippen LogP contribution in [0.2, 0.25) is 0 Å². The predicted molar refractivity (Wildman–Crippen MR) is 102 cm³/mol. The van der Waals surface area contributed by atoms with Crippen molar-refractivity contribution in [3.05, 3.63) is 67.3 Å². The third-order valence-electron chi connectivity index (χ3n) is 2.28. The number of carboxylic acids is 2. The minimum Gasteiger partial charge on any atom is -0.481 e. The molecule has 0 saturated heterocycles. The lowest BCUT2D eigenvalue weighted by atomic mass is 10.2. The Bertz CT molecular complexity index is 623. The molecule has 0 aromatic heterocycles. The van der Waals surface area contributed by atoms with Crippen LogP contribution in [-0.2, 0) is 19.1 Å². The fourth-order valence-electron chi connectivity index (χ4n) is 1.19. The summed E-state index contributed by atoms with van der Waals surface area (Å²) in [6, 6.07) is 10.0. The maximum Gasteiger partial charge on any atom is 0.331 e. The van der Waals surface area contributed by atoms with E-state index in [1.165, 1.54) is 5.56 Å². The van der Waals surface area contributed by atoms with Gasteiger partial charge in [-0.1, -0.05) is 56.1 Å². The summed E-state index contributed by atoms with van der Waals surface area (Å²) in [7, 11) is 0. The number of carboxylic acid groups (broad SMARTS) is 2. The molecule has 6 nitrogen and oxygen atoms in total. The van der Waals surface area contributed by atoms with Crippen LogP contribution in [0.25, 0.3) is 6.08 Å². The number of aliphatic carboxylic acids is 2. The van der Waals surface area contributed by atoms with Crippen LogP contribution in [0.4, 0.5) is 0 Å². The number of esters is 1. The van der Waals surface area contributed by atoms with Gasteiger partial charge in [0.25, 0.3) is 0 Å². The van der Waals surface area contributed by atoms with Gasteiger partial charge in [0.15, 0.2) is 0 Å². The zero-order valence-corrected chi connectivity index (χ0v) is 15.4. The van der Waals surface area contributed by atoms with Gasteiger partial charge in [-0.25, -0.2) is 9.59 Å². The molecule has 6 heteroatoms. The van der Waals surface area contributed by atoms with Crippen molar-refractivity contribution in [2.45, 2.75) is 32.8 Å². The average molecular weight is 362 g/mol. The molecule has 0 aliphatic heterocycles. The van der Waals surface area contributed by atoms with Gasteiger partial charge in [-0.2, -0.15) is 0 Å². The Kier molecular flexibility index (Phi) is 12.7. The fourth-order valence-corrected chi connectivity index (χ4v) is 1.19. The van der Waals surface area contributed by atoms with Crippen LogP contribution in [0.1, 0.15) is 32.8 Å². The van der Waals surface area contributed by atoms with E-state index >= 15 is 0 Å². The standard InChI is InChI=1S/C8H8.C7H12O2.C5H6O4/c1-2-8-6-4-3-5-7-8;1-5-6(8)9-7(2,3)4;1-3(5(8)9)2-4(6)7/h2-7H,1H2;5H,1H2,2-4H3;1-2H2,(H,6,7)(H,8,9). The molecule has 0 aliphatic carbocycles. The van der Waals surface area contributed by atoms with Gasteiger partial charge in [0.2, 0.25) is 0 Å². The summed E-state index contributed by atoms with van der Waals surface area (Å²) in [4.78, 5) is 30.1. The summed E-state index contributed by atoms with van der Waals surface area (Å²) < 4.78 is 4.83. The Morgan fingerprint density at radius 2 is 1.58 bits per heavy atom. The van der Waals surface area contributed by atoms with Crippen molar-refractivity contribution in [2.75, 3.05) is 0 Å². The van der Waals surface area contributed by atoms with Crippen molar-refractivity contribution in [2.24, 2.45) is 0 Å². The molecule has 1 aromatic rings. The molecule has 0 unspecified atom stereocenters. The van der Waals surface area contributed by atoms with Crippen LogP contribution in [0.5, 0.6) is 0 Å². The van der Waals surface area contributed by atoms with Crippen LogP contribution in [0.3, 0.4) is 0 Å². The first-order valence-electron chi connectivity index (χ1n) is 7.58. The number of ether oxygens (including phenoxy) is 1. The largest absolute Gasteiger partial charge is 0.481 e. The highest BCUT2D eigenvalue weighted by Crippen LogP contribution is 2.06. The Hall–Kier alpha value is -3.15. The summed E-state index contributed by atoms with van der Waals surface area (Å²) in [6.07, 6.45) is 2.49. The molecular formula is C20H26O6. The molecular weight excluding hydrogens is 336 g/mol. The van der Waals surface area contributed by atoms with Crippen LogP contribution < -0.4 is 0 Å². The lowest BCUT2D eigenvalue weighted by Crippen LogP contribution is -2.22. The van der Waals surface area contributed by atoms with Crippen LogP contribution >= 0.6 is 0 Å². The van der Waals surface area contributed by atoms with E-state index < -0.39 is 24.0 Å². The van der Waals surface area contributed by atoms with E-state index in [0.29, 0.717) is 0 Å². The first-order valence-corrected chi connectivity index (χ1v) is 7.58. The summed E-state index contributed by atoms with van der Waals surface area (Å²) in [5, 5.41) is 16.1. The predicted octanol–water partition coefficient (Wildman–Crippen LogP) is 3.95. The van der Waals surface area contributed by atoms with Crippen LogP contribution in [-0.4, -0.2) is 33.7 Å². The maximum absolute atomic E-state index is 10.5. The molecule has 0 atom stereocenters.